The molecule has 202 valence electrons. The molecule has 0 bridgehead atoms. The van der Waals surface area contributed by atoms with Crippen molar-refractivity contribution in [3.63, 3.8) is 0 Å². The minimum atomic E-state index is -4.22. The summed E-state index contributed by atoms with van der Waals surface area (Å²) in [5.74, 6) is 0. The van der Waals surface area contributed by atoms with E-state index in [0.29, 0.717) is 11.0 Å². The van der Waals surface area contributed by atoms with Crippen LogP contribution in [0.25, 0.3) is 6.08 Å². The summed E-state index contributed by atoms with van der Waals surface area (Å²) in [5, 5.41) is 0. The minimum Gasteiger partial charge on any atom is -0.756 e. The number of quaternary nitrogens is 1. The molecule has 35 heavy (non-hydrogen) atoms. The number of hydrogen-bond donors (Lipinski definition) is 0. The Hall–Kier alpha value is -0.970. The van der Waals surface area contributed by atoms with E-state index >= 15 is 0 Å². The molecular formula is C29H52NO4P. The quantitative estimate of drug-likeness (QED) is 0.0859. The molecule has 0 N–H and O–H groups in total. The summed E-state index contributed by atoms with van der Waals surface area (Å²) in [6, 6.07) is 10.1. The van der Waals surface area contributed by atoms with E-state index in [1.807, 2.05) is 18.2 Å². The van der Waals surface area contributed by atoms with Crippen LogP contribution in [-0.4, -0.2) is 44.9 Å². The van der Waals surface area contributed by atoms with E-state index in [4.69, 9.17) is 9.05 Å². The zero-order valence-electron chi connectivity index (χ0n) is 22.8. The fourth-order valence-corrected chi connectivity index (χ4v) is 4.77. The fraction of sp³-hybridized carbons (Fsp3) is 0.724. The maximum Gasteiger partial charge on any atom is 0.268 e. The molecule has 0 saturated heterocycles. The van der Waals surface area contributed by atoms with Gasteiger partial charge in [0.25, 0.3) is 7.82 Å². The summed E-state index contributed by atoms with van der Waals surface area (Å²) < 4.78 is 22.8. The van der Waals surface area contributed by atoms with Crippen molar-refractivity contribution < 1.29 is 23.0 Å². The van der Waals surface area contributed by atoms with Crippen molar-refractivity contribution >= 4 is 13.9 Å². The van der Waals surface area contributed by atoms with Crippen LogP contribution in [0.2, 0.25) is 0 Å². The van der Waals surface area contributed by atoms with Gasteiger partial charge >= 0.3 is 0 Å². The lowest BCUT2D eigenvalue weighted by atomic mass is 10.0. The predicted molar refractivity (Wildman–Crippen MR) is 147 cm³/mol. The normalized spacial score (nSPS) is 13.9. The highest BCUT2D eigenvalue weighted by molar-refractivity contribution is 7.45. The van der Waals surface area contributed by atoms with Crippen molar-refractivity contribution in [2.24, 2.45) is 0 Å². The Bertz CT molecular complexity index is 693. The lowest BCUT2D eigenvalue weighted by Crippen LogP contribution is -2.42. The molecule has 0 aliphatic heterocycles. The second-order valence-electron chi connectivity index (χ2n) is 10.4. The number of hydrogen-bond acceptors (Lipinski definition) is 4. The third kappa shape index (κ3) is 19.8. The lowest BCUT2D eigenvalue weighted by molar-refractivity contribution is -0.884. The topological polar surface area (TPSA) is 58.6 Å². The molecular weight excluding hydrogens is 457 g/mol. The molecule has 1 aromatic carbocycles. The largest absolute Gasteiger partial charge is 0.756 e. The van der Waals surface area contributed by atoms with Crippen LogP contribution in [0.5, 0.6) is 0 Å². The first-order valence-electron chi connectivity index (χ1n) is 14.0. The first-order chi connectivity index (χ1) is 16.8. The zero-order valence-corrected chi connectivity index (χ0v) is 23.7. The van der Waals surface area contributed by atoms with Gasteiger partial charge in [-0.2, -0.15) is 0 Å². The summed E-state index contributed by atoms with van der Waals surface area (Å²) in [4.78, 5) is 12.0. The van der Waals surface area contributed by atoms with Crippen molar-refractivity contribution in [2.45, 2.75) is 96.8 Å². The summed E-state index contributed by atoms with van der Waals surface area (Å²) in [6.45, 7) is 4.00. The summed E-state index contributed by atoms with van der Waals surface area (Å²) in [5.41, 5.74) is 1.16. The maximum atomic E-state index is 12.0. The van der Waals surface area contributed by atoms with Gasteiger partial charge in [-0.15, -0.1) is 0 Å². The Morgan fingerprint density at radius 3 is 1.80 bits per heavy atom. The molecule has 1 unspecified atom stereocenters. The standard InChI is InChI=1S/C29H52NO4P/c1-4-5-6-7-8-9-10-11-12-13-14-15-16-20-27-33-35(31,32)34-28-26-30(2,3)25-21-24-29-22-18-17-19-23-29/h17-19,21-24H,4-16,20,25-28H2,1-3H3/b24-21+. The number of rotatable bonds is 23. The van der Waals surface area contributed by atoms with E-state index < -0.39 is 7.82 Å². The second kappa shape index (κ2) is 20.1. The Morgan fingerprint density at radius 1 is 0.771 bits per heavy atom. The van der Waals surface area contributed by atoms with Crippen LogP contribution in [0.1, 0.15) is 102 Å². The number of benzene rings is 1. The highest BCUT2D eigenvalue weighted by atomic mass is 31.2. The van der Waals surface area contributed by atoms with Gasteiger partial charge in [-0.3, -0.25) is 4.57 Å². The Balaban J connectivity index is 1.97. The number of phosphoric ester groups is 1. The zero-order chi connectivity index (χ0) is 25.7. The lowest BCUT2D eigenvalue weighted by Gasteiger charge is -2.30. The molecule has 5 nitrogen and oxygen atoms in total. The molecule has 0 fully saturated rings. The second-order valence-corrected chi connectivity index (χ2v) is 11.8. The minimum absolute atomic E-state index is 0.131. The van der Waals surface area contributed by atoms with E-state index in [2.05, 4.69) is 45.3 Å². The van der Waals surface area contributed by atoms with Gasteiger partial charge in [-0.1, -0.05) is 127 Å². The average Bonchev–Trinajstić information content (AvgIpc) is 2.82. The molecule has 0 saturated carbocycles. The van der Waals surface area contributed by atoms with Crippen LogP contribution < -0.4 is 4.89 Å². The summed E-state index contributed by atoms with van der Waals surface area (Å²) >= 11 is 0. The Kier molecular flexibility index (Phi) is 18.4. The molecule has 1 rings (SSSR count). The number of nitrogens with zero attached hydrogens (tertiary/aromatic N) is 1. The Labute approximate surface area is 216 Å². The molecule has 1 aromatic rings. The van der Waals surface area contributed by atoms with Crippen LogP contribution in [0, 0.1) is 0 Å². The van der Waals surface area contributed by atoms with Crippen LogP contribution in [-0.2, 0) is 13.6 Å². The van der Waals surface area contributed by atoms with Gasteiger partial charge in [0.05, 0.1) is 27.2 Å². The van der Waals surface area contributed by atoms with Crippen molar-refractivity contribution in [2.75, 3.05) is 40.4 Å². The first kappa shape index (κ1) is 32.1. The molecule has 0 aromatic heterocycles. The van der Waals surface area contributed by atoms with Gasteiger partial charge < -0.3 is 18.4 Å². The van der Waals surface area contributed by atoms with Gasteiger partial charge in [-0.25, -0.2) is 0 Å². The summed E-state index contributed by atoms with van der Waals surface area (Å²) in [6.07, 6.45) is 22.0. The smallest absolute Gasteiger partial charge is 0.268 e. The van der Waals surface area contributed by atoms with Crippen LogP contribution in [0.3, 0.4) is 0 Å². The van der Waals surface area contributed by atoms with Gasteiger partial charge in [0.1, 0.15) is 13.2 Å². The molecule has 0 aliphatic carbocycles. The van der Waals surface area contributed by atoms with Gasteiger partial charge in [0.2, 0.25) is 0 Å². The predicted octanol–water partition coefficient (Wildman–Crippen LogP) is 7.76. The van der Waals surface area contributed by atoms with E-state index in [-0.39, 0.29) is 13.2 Å². The van der Waals surface area contributed by atoms with Crippen LogP contribution in [0.4, 0.5) is 0 Å². The number of unbranched alkanes of at least 4 members (excludes halogenated alkanes) is 13. The average molecular weight is 510 g/mol. The monoisotopic (exact) mass is 509 g/mol. The van der Waals surface area contributed by atoms with Crippen LogP contribution in [0.15, 0.2) is 36.4 Å². The highest BCUT2D eigenvalue weighted by Crippen LogP contribution is 2.38. The third-order valence-corrected chi connectivity index (χ3v) is 7.40. The van der Waals surface area contributed by atoms with E-state index in [0.717, 1.165) is 31.4 Å². The third-order valence-electron chi connectivity index (χ3n) is 6.40. The van der Waals surface area contributed by atoms with Gasteiger partial charge in [-0.05, 0) is 18.1 Å². The molecule has 6 heteroatoms. The van der Waals surface area contributed by atoms with Gasteiger partial charge in [0.15, 0.2) is 0 Å². The SMILES string of the molecule is CCCCCCCCCCCCCCCCOP(=O)([O-])OCC[N+](C)(C)C/C=C/c1ccccc1. The van der Waals surface area contributed by atoms with Crippen molar-refractivity contribution in [1.82, 2.24) is 0 Å². The number of likely N-dealkylation sites (N-methyl/N-ethyl adjacent to an activating group) is 1. The summed E-state index contributed by atoms with van der Waals surface area (Å²) in [7, 11) is -0.0978. The van der Waals surface area contributed by atoms with E-state index in [1.54, 1.807) is 0 Å². The molecule has 0 heterocycles. The Morgan fingerprint density at radius 2 is 1.26 bits per heavy atom. The van der Waals surface area contributed by atoms with E-state index in [9.17, 15) is 9.46 Å². The van der Waals surface area contributed by atoms with E-state index in [1.165, 1.54) is 70.6 Å². The molecule has 1 atom stereocenters. The van der Waals surface area contributed by atoms with Crippen molar-refractivity contribution in [3.8, 4) is 0 Å². The molecule has 0 radical (unpaired) electrons. The fourth-order valence-electron chi connectivity index (χ4n) is 4.04. The van der Waals surface area contributed by atoms with Gasteiger partial charge in [0, 0.05) is 0 Å². The van der Waals surface area contributed by atoms with Crippen molar-refractivity contribution in [1.29, 1.82) is 0 Å². The van der Waals surface area contributed by atoms with Crippen LogP contribution >= 0.6 is 7.82 Å². The first-order valence-corrected chi connectivity index (χ1v) is 15.4. The molecule has 0 amide bonds. The molecule has 0 aliphatic rings. The number of phosphoric acid groups is 1. The maximum absolute atomic E-state index is 12.0. The van der Waals surface area contributed by atoms with Crippen molar-refractivity contribution in [3.05, 3.63) is 42.0 Å². The molecule has 0 spiro atoms. The highest BCUT2D eigenvalue weighted by Gasteiger charge is 2.16.